The average Bonchev–Trinajstić information content (AvgIpc) is 2.35. The van der Waals surface area contributed by atoms with Gasteiger partial charge in [0, 0.05) is 5.92 Å². The van der Waals surface area contributed by atoms with Crippen LogP contribution in [0.15, 0.2) is 30.3 Å². The second-order valence-corrected chi connectivity index (χ2v) is 4.30. The van der Waals surface area contributed by atoms with Gasteiger partial charge in [-0.3, -0.25) is 9.59 Å². The first kappa shape index (κ1) is 13.4. The first-order valence-electron chi connectivity index (χ1n) is 5.71. The van der Waals surface area contributed by atoms with Crippen molar-refractivity contribution in [3.63, 3.8) is 0 Å². The molecule has 0 unspecified atom stereocenters. The lowest BCUT2D eigenvalue weighted by Gasteiger charge is -2.17. The second kappa shape index (κ2) is 6.18. The zero-order valence-corrected chi connectivity index (χ0v) is 10.5. The maximum Gasteiger partial charge on any atom is 0.306 e. The minimum Gasteiger partial charge on any atom is -0.469 e. The number of Topliss-reactive ketones (excluding diaryl/α,β-unsaturated/α-hetero) is 1. The molecule has 0 aliphatic rings. The molecule has 0 amide bonds. The van der Waals surface area contributed by atoms with Gasteiger partial charge in [0.05, 0.1) is 19.4 Å². The molecule has 0 saturated carbocycles. The molecule has 0 saturated heterocycles. The minimum atomic E-state index is -0.399. The molecule has 0 aromatic heterocycles. The molecule has 1 aromatic carbocycles. The zero-order valence-electron chi connectivity index (χ0n) is 10.5. The van der Waals surface area contributed by atoms with Crippen LogP contribution in [0.5, 0.6) is 0 Å². The first-order chi connectivity index (χ1) is 8.06. The van der Waals surface area contributed by atoms with E-state index in [-0.39, 0.29) is 24.1 Å². The molecule has 1 aromatic rings. The third-order valence-electron chi connectivity index (χ3n) is 2.71. The second-order valence-electron chi connectivity index (χ2n) is 4.30. The van der Waals surface area contributed by atoms with Gasteiger partial charge in [-0.1, -0.05) is 44.2 Å². The molecule has 92 valence electrons. The van der Waals surface area contributed by atoms with Crippen LogP contribution in [0.2, 0.25) is 0 Å². The maximum absolute atomic E-state index is 12.1. The van der Waals surface area contributed by atoms with Crippen LogP contribution in [-0.4, -0.2) is 18.9 Å². The summed E-state index contributed by atoms with van der Waals surface area (Å²) in [6.07, 6.45) is 0.109. The number of benzene rings is 1. The van der Waals surface area contributed by atoms with Crippen LogP contribution in [0.25, 0.3) is 0 Å². The maximum atomic E-state index is 12.1. The highest BCUT2D eigenvalue weighted by Crippen LogP contribution is 2.24. The van der Waals surface area contributed by atoms with Crippen molar-refractivity contribution in [1.29, 1.82) is 0 Å². The summed E-state index contributed by atoms with van der Waals surface area (Å²) in [4.78, 5) is 23.4. The topological polar surface area (TPSA) is 43.4 Å². The fraction of sp³-hybridized carbons (Fsp3) is 0.429. The Kier molecular flexibility index (Phi) is 4.88. The fourth-order valence-electron chi connectivity index (χ4n) is 1.72. The molecule has 0 spiro atoms. The quantitative estimate of drug-likeness (QED) is 0.735. The van der Waals surface area contributed by atoms with E-state index in [1.807, 2.05) is 44.2 Å². The van der Waals surface area contributed by atoms with Gasteiger partial charge in [-0.2, -0.15) is 0 Å². The van der Waals surface area contributed by atoms with Gasteiger partial charge < -0.3 is 4.74 Å². The molecule has 17 heavy (non-hydrogen) atoms. The van der Waals surface area contributed by atoms with E-state index < -0.39 is 5.92 Å². The van der Waals surface area contributed by atoms with Gasteiger partial charge in [-0.05, 0) is 5.56 Å². The Bertz CT molecular complexity index is 382. The van der Waals surface area contributed by atoms with Crippen molar-refractivity contribution >= 4 is 11.8 Å². The number of methoxy groups -OCH3 is 1. The highest BCUT2D eigenvalue weighted by atomic mass is 16.5. The minimum absolute atomic E-state index is 0.0709. The third kappa shape index (κ3) is 3.70. The van der Waals surface area contributed by atoms with Crippen molar-refractivity contribution in [2.75, 3.05) is 7.11 Å². The Balaban J connectivity index is 2.94. The van der Waals surface area contributed by atoms with Crippen LogP contribution < -0.4 is 0 Å². The van der Waals surface area contributed by atoms with Crippen molar-refractivity contribution in [3.8, 4) is 0 Å². The number of carbonyl (C=O) groups is 2. The number of rotatable bonds is 5. The van der Waals surface area contributed by atoms with Gasteiger partial charge >= 0.3 is 5.97 Å². The summed E-state index contributed by atoms with van der Waals surface area (Å²) >= 11 is 0. The van der Waals surface area contributed by atoms with E-state index in [1.165, 1.54) is 7.11 Å². The lowest BCUT2D eigenvalue weighted by molar-refractivity contribution is -0.142. The van der Waals surface area contributed by atoms with Crippen molar-refractivity contribution in [2.24, 2.45) is 5.92 Å². The van der Waals surface area contributed by atoms with Crippen LogP contribution in [0, 0.1) is 5.92 Å². The summed E-state index contributed by atoms with van der Waals surface area (Å²) in [6, 6.07) is 9.36. The van der Waals surface area contributed by atoms with Gasteiger partial charge in [0.15, 0.2) is 0 Å². The molecular formula is C14H18O3. The van der Waals surface area contributed by atoms with Crippen LogP contribution in [0.3, 0.4) is 0 Å². The Morgan fingerprint density at radius 1 is 1.18 bits per heavy atom. The molecule has 1 rings (SSSR count). The summed E-state index contributed by atoms with van der Waals surface area (Å²) in [5.74, 6) is -0.775. The van der Waals surface area contributed by atoms with Crippen LogP contribution in [0.4, 0.5) is 0 Å². The normalized spacial score (nSPS) is 12.2. The van der Waals surface area contributed by atoms with Crippen molar-refractivity contribution in [2.45, 2.75) is 26.2 Å². The highest BCUT2D eigenvalue weighted by molar-refractivity contribution is 5.90. The summed E-state index contributed by atoms with van der Waals surface area (Å²) in [7, 11) is 1.34. The summed E-state index contributed by atoms with van der Waals surface area (Å²) in [5.41, 5.74) is 0.872. The van der Waals surface area contributed by atoms with Crippen LogP contribution >= 0.6 is 0 Å². The molecule has 3 nitrogen and oxygen atoms in total. The van der Waals surface area contributed by atoms with Crippen molar-refractivity contribution in [1.82, 2.24) is 0 Å². The highest BCUT2D eigenvalue weighted by Gasteiger charge is 2.25. The summed E-state index contributed by atoms with van der Waals surface area (Å²) < 4.78 is 4.64. The van der Waals surface area contributed by atoms with Crippen LogP contribution in [0.1, 0.15) is 31.7 Å². The van der Waals surface area contributed by atoms with Crippen LogP contribution in [-0.2, 0) is 14.3 Å². The van der Waals surface area contributed by atoms with E-state index in [2.05, 4.69) is 4.74 Å². The Morgan fingerprint density at radius 2 is 1.76 bits per heavy atom. The SMILES string of the molecule is COC(=O)C[C@H](C(=O)C(C)C)c1ccccc1. The molecule has 0 fully saturated rings. The third-order valence-corrected chi connectivity index (χ3v) is 2.71. The molecule has 3 heteroatoms. The van der Waals surface area contributed by atoms with Crippen molar-refractivity contribution < 1.29 is 14.3 Å². The Hall–Kier alpha value is -1.64. The number of hydrogen-bond acceptors (Lipinski definition) is 3. The molecule has 0 aliphatic carbocycles. The standard InChI is InChI=1S/C14H18O3/c1-10(2)14(16)12(9-13(15)17-3)11-7-5-4-6-8-11/h4-8,10,12H,9H2,1-3H3/t12-/m0/s1. The van der Waals surface area contributed by atoms with E-state index in [0.29, 0.717) is 0 Å². The lowest BCUT2D eigenvalue weighted by atomic mass is 9.86. The average molecular weight is 234 g/mol. The predicted octanol–water partition coefficient (Wildman–Crippen LogP) is 2.56. The smallest absolute Gasteiger partial charge is 0.306 e. The van der Waals surface area contributed by atoms with Gasteiger partial charge in [0.2, 0.25) is 0 Å². The number of hydrogen-bond donors (Lipinski definition) is 0. The lowest BCUT2D eigenvalue weighted by Crippen LogP contribution is -2.21. The van der Waals surface area contributed by atoms with Gasteiger partial charge in [-0.25, -0.2) is 0 Å². The van der Waals surface area contributed by atoms with E-state index in [0.717, 1.165) is 5.56 Å². The molecule has 0 aliphatic heterocycles. The first-order valence-corrected chi connectivity index (χ1v) is 5.71. The van der Waals surface area contributed by atoms with Gasteiger partial charge in [0.25, 0.3) is 0 Å². The largest absolute Gasteiger partial charge is 0.469 e. The van der Waals surface area contributed by atoms with E-state index in [1.54, 1.807) is 0 Å². The summed E-state index contributed by atoms with van der Waals surface area (Å²) in [5, 5.41) is 0. The number of esters is 1. The van der Waals surface area contributed by atoms with Crippen molar-refractivity contribution in [3.05, 3.63) is 35.9 Å². The molecule has 0 radical (unpaired) electrons. The molecule has 0 bridgehead atoms. The monoisotopic (exact) mass is 234 g/mol. The number of carbonyl (C=O) groups excluding carboxylic acids is 2. The fourth-order valence-corrected chi connectivity index (χ4v) is 1.72. The van der Waals surface area contributed by atoms with Gasteiger partial charge in [0.1, 0.15) is 5.78 Å². The predicted molar refractivity (Wildman–Crippen MR) is 65.7 cm³/mol. The molecule has 1 atom stereocenters. The number of ether oxygens (including phenoxy) is 1. The molecule has 0 N–H and O–H groups in total. The Labute approximate surface area is 102 Å². The van der Waals surface area contributed by atoms with E-state index >= 15 is 0 Å². The summed E-state index contributed by atoms with van der Waals surface area (Å²) in [6.45, 7) is 3.69. The van der Waals surface area contributed by atoms with Gasteiger partial charge in [-0.15, -0.1) is 0 Å². The molecule has 0 heterocycles. The Morgan fingerprint density at radius 3 is 2.24 bits per heavy atom. The zero-order chi connectivity index (χ0) is 12.8. The number of ketones is 1. The van der Waals surface area contributed by atoms with E-state index in [4.69, 9.17) is 0 Å². The molecular weight excluding hydrogens is 216 g/mol. The van der Waals surface area contributed by atoms with E-state index in [9.17, 15) is 9.59 Å².